The lowest BCUT2D eigenvalue weighted by molar-refractivity contribution is -0.148. The van der Waals surface area contributed by atoms with Gasteiger partial charge in [0.1, 0.15) is 36.8 Å². The number of hydrogen-bond acceptors (Lipinski definition) is 10. The van der Waals surface area contributed by atoms with Crippen LogP contribution < -0.4 is 27.0 Å². The van der Waals surface area contributed by atoms with Gasteiger partial charge in [0.15, 0.2) is 0 Å². The Morgan fingerprint density at radius 2 is 1.45 bits per heavy atom. The van der Waals surface area contributed by atoms with E-state index < -0.39 is 97.9 Å². The average Bonchev–Trinajstić information content (AvgIpc) is 3.62. The van der Waals surface area contributed by atoms with Crippen LogP contribution in [0.5, 0.6) is 0 Å². The number of aliphatic hydroxyl groups is 2. The number of aliphatic hydroxyl groups excluding tert-OH is 2. The van der Waals surface area contributed by atoms with E-state index in [-0.39, 0.29) is 19.5 Å². The summed E-state index contributed by atoms with van der Waals surface area (Å²) in [5, 5.41) is 36.2. The highest BCUT2D eigenvalue weighted by Crippen LogP contribution is 2.25. The van der Waals surface area contributed by atoms with Crippen LogP contribution in [0.15, 0.2) is 0 Å². The van der Waals surface area contributed by atoms with Crippen molar-refractivity contribution in [1.82, 2.24) is 31.1 Å². The number of amides is 6. The molecular formula is C23H37N7O10. The number of aliphatic carboxylic acids is 1. The summed E-state index contributed by atoms with van der Waals surface area (Å²) in [5.41, 5.74) is 5.36. The third-order valence-electron chi connectivity index (χ3n) is 6.59. The third kappa shape index (κ3) is 8.59. The van der Waals surface area contributed by atoms with Gasteiger partial charge in [0.25, 0.3) is 0 Å². The summed E-state index contributed by atoms with van der Waals surface area (Å²) >= 11 is 0. The average molecular weight is 572 g/mol. The molecule has 0 aromatic carbocycles. The van der Waals surface area contributed by atoms with Gasteiger partial charge in [0, 0.05) is 13.1 Å². The van der Waals surface area contributed by atoms with E-state index in [2.05, 4.69) is 21.3 Å². The Labute approximate surface area is 229 Å². The van der Waals surface area contributed by atoms with Gasteiger partial charge >= 0.3 is 5.97 Å². The Kier molecular flexibility index (Phi) is 12.2. The molecular weight excluding hydrogens is 534 g/mol. The third-order valence-corrected chi connectivity index (χ3v) is 6.59. The standard InChI is InChI=1S/C23H37N7O10/c1-12(27-17(33)8-25-19(36)13(24)10-31)22(39)30-7-3-5-16(30)23(40)29-6-2-4-15(29)21(38)28-14(11-32)20(37)26-9-18(34)35/h12-16,31-32H,2-11,24H2,1H3,(H,25,36)(H,26,37)(H,27,33)(H,28,38)(H,34,35)/t12-,13-,14-,15-,16-/m0/s1. The monoisotopic (exact) mass is 571 g/mol. The van der Waals surface area contributed by atoms with Crippen molar-refractivity contribution < 1.29 is 48.9 Å². The fraction of sp³-hybridized carbons (Fsp3) is 0.696. The van der Waals surface area contributed by atoms with Crippen LogP contribution in [-0.4, -0.2) is 136 Å². The largest absolute Gasteiger partial charge is 0.480 e. The van der Waals surface area contributed by atoms with Crippen LogP contribution in [0.3, 0.4) is 0 Å². The zero-order chi connectivity index (χ0) is 30.0. The molecule has 0 saturated carbocycles. The van der Waals surface area contributed by atoms with Crippen molar-refractivity contribution in [1.29, 1.82) is 0 Å². The molecule has 6 amide bonds. The Hall–Kier alpha value is -3.83. The number of hydrogen-bond donors (Lipinski definition) is 8. The lowest BCUT2D eigenvalue weighted by atomic mass is 10.1. The first-order valence-corrected chi connectivity index (χ1v) is 12.9. The Morgan fingerprint density at radius 3 is 2.05 bits per heavy atom. The van der Waals surface area contributed by atoms with Crippen LogP contribution in [0.2, 0.25) is 0 Å². The molecule has 2 heterocycles. The maximum Gasteiger partial charge on any atom is 0.322 e. The van der Waals surface area contributed by atoms with Crippen LogP contribution in [0, 0.1) is 0 Å². The molecule has 2 aliphatic rings. The summed E-state index contributed by atoms with van der Waals surface area (Å²) in [5.74, 6) is -5.31. The second-order valence-corrected chi connectivity index (χ2v) is 9.53. The first-order valence-electron chi connectivity index (χ1n) is 12.9. The molecule has 17 heteroatoms. The number of nitrogens with zero attached hydrogens (tertiary/aromatic N) is 2. The smallest absolute Gasteiger partial charge is 0.322 e. The minimum atomic E-state index is -1.41. The van der Waals surface area contributed by atoms with E-state index in [0.29, 0.717) is 19.3 Å². The maximum absolute atomic E-state index is 13.4. The van der Waals surface area contributed by atoms with Crippen molar-refractivity contribution in [3.05, 3.63) is 0 Å². The van der Waals surface area contributed by atoms with Crippen LogP contribution in [0.4, 0.5) is 0 Å². The highest BCUT2D eigenvalue weighted by Gasteiger charge is 2.43. The Balaban J connectivity index is 1.99. The van der Waals surface area contributed by atoms with Crippen molar-refractivity contribution in [3.63, 3.8) is 0 Å². The molecule has 0 aromatic rings. The molecule has 17 nitrogen and oxygen atoms in total. The minimum Gasteiger partial charge on any atom is -0.480 e. The summed E-state index contributed by atoms with van der Waals surface area (Å²) in [4.78, 5) is 88.6. The number of nitrogens with one attached hydrogen (secondary N) is 4. The van der Waals surface area contributed by atoms with Crippen LogP contribution in [0.25, 0.3) is 0 Å². The number of nitrogens with two attached hydrogens (primary N) is 1. The topological polar surface area (TPSA) is 261 Å². The van der Waals surface area contributed by atoms with Gasteiger partial charge in [-0.2, -0.15) is 0 Å². The number of carbonyl (C=O) groups is 7. The number of likely N-dealkylation sites (tertiary alicyclic amines) is 2. The number of rotatable bonds is 13. The molecule has 2 rings (SSSR count). The van der Waals surface area contributed by atoms with Crippen LogP contribution in [0.1, 0.15) is 32.6 Å². The highest BCUT2D eigenvalue weighted by atomic mass is 16.4. The highest BCUT2D eigenvalue weighted by molar-refractivity contribution is 5.96. The molecule has 2 fully saturated rings. The summed E-state index contributed by atoms with van der Waals surface area (Å²) < 4.78 is 0. The molecule has 0 bridgehead atoms. The minimum absolute atomic E-state index is 0.229. The van der Waals surface area contributed by atoms with E-state index in [4.69, 9.17) is 15.9 Å². The van der Waals surface area contributed by atoms with Gasteiger partial charge in [-0.15, -0.1) is 0 Å². The molecule has 2 aliphatic heterocycles. The Morgan fingerprint density at radius 1 is 0.850 bits per heavy atom. The molecule has 5 atom stereocenters. The van der Waals surface area contributed by atoms with Gasteiger partial charge in [0.05, 0.1) is 19.8 Å². The quantitative estimate of drug-likeness (QED) is 0.103. The molecule has 0 spiro atoms. The van der Waals surface area contributed by atoms with Gasteiger partial charge in [-0.1, -0.05) is 0 Å². The molecule has 0 unspecified atom stereocenters. The molecule has 0 radical (unpaired) electrons. The fourth-order valence-electron chi connectivity index (χ4n) is 4.51. The lowest BCUT2D eigenvalue weighted by Gasteiger charge is -2.32. The first-order chi connectivity index (χ1) is 18.9. The summed E-state index contributed by atoms with van der Waals surface area (Å²) in [6.45, 7) is -0.653. The van der Waals surface area contributed by atoms with Crippen LogP contribution >= 0.6 is 0 Å². The van der Waals surface area contributed by atoms with Gasteiger partial charge in [-0.05, 0) is 32.6 Å². The second-order valence-electron chi connectivity index (χ2n) is 9.53. The van der Waals surface area contributed by atoms with Gasteiger partial charge < -0.3 is 52.1 Å². The van der Waals surface area contributed by atoms with Crippen molar-refractivity contribution in [2.24, 2.45) is 5.73 Å². The van der Waals surface area contributed by atoms with E-state index in [1.54, 1.807) is 0 Å². The van der Waals surface area contributed by atoms with Gasteiger partial charge in [-0.3, -0.25) is 33.6 Å². The van der Waals surface area contributed by atoms with Crippen molar-refractivity contribution in [2.45, 2.75) is 62.8 Å². The normalized spacial score (nSPS) is 20.7. The molecule has 224 valence electrons. The summed E-state index contributed by atoms with van der Waals surface area (Å²) in [6.07, 6.45) is 1.61. The lowest BCUT2D eigenvalue weighted by Crippen LogP contribution is -2.58. The van der Waals surface area contributed by atoms with Crippen LogP contribution in [-0.2, 0) is 33.6 Å². The van der Waals surface area contributed by atoms with E-state index >= 15 is 0 Å². The zero-order valence-electron chi connectivity index (χ0n) is 22.1. The first kappa shape index (κ1) is 32.4. The van der Waals surface area contributed by atoms with E-state index in [0.717, 1.165) is 0 Å². The van der Waals surface area contributed by atoms with Crippen molar-refractivity contribution in [2.75, 3.05) is 39.4 Å². The maximum atomic E-state index is 13.4. The van der Waals surface area contributed by atoms with Crippen molar-refractivity contribution in [3.8, 4) is 0 Å². The summed E-state index contributed by atoms with van der Waals surface area (Å²) in [7, 11) is 0. The van der Waals surface area contributed by atoms with Gasteiger partial charge in [-0.25, -0.2) is 0 Å². The molecule has 9 N–H and O–H groups in total. The van der Waals surface area contributed by atoms with E-state index in [9.17, 15) is 38.7 Å². The SMILES string of the molecule is C[C@H](NC(=O)CNC(=O)[C@@H](N)CO)C(=O)N1CCC[C@H]1C(=O)N1CCC[C@H]1C(=O)N[C@@H](CO)C(=O)NCC(=O)O. The van der Waals surface area contributed by atoms with E-state index in [1.165, 1.54) is 16.7 Å². The van der Waals surface area contributed by atoms with E-state index in [1.807, 2.05) is 0 Å². The second kappa shape index (κ2) is 15.1. The number of carboxylic acid groups (broad SMARTS) is 1. The zero-order valence-corrected chi connectivity index (χ0v) is 22.1. The molecule has 2 saturated heterocycles. The predicted molar refractivity (Wildman–Crippen MR) is 135 cm³/mol. The molecule has 0 aromatic heterocycles. The molecule has 40 heavy (non-hydrogen) atoms. The Bertz CT molecular complexity index is 993. The fourth-order valence-corrected chi connectivity index (χ4v) is 4.51. The number of carbonyl (C=O) groups excluding carboxylic acids is 6. The molecule has 0 aliphatic carbocycles. The van der Waals surface area contributed by atoms with Crippen molar-refractivity contribution >= 4 is 41.4 Å². The summed E-state index contributed by atoms with van der Waals surface area (Å²) in [6, 6.07) is -5.48. The number of carboxylic acids is 1. The van der Waals surface area contributed by atoms with Gasteiger partial charge in [0.2, 0.25) is 35.4 Å². The predicted octanol–water partition coefficient (Wildman–Crippen LogP) is -5.41.